The summed E-state index contributed by atoms with van der Waals surface area (Å²) in [6.45, 7) is 1.97. The van der Waals surface area contributed by atoms with Gasteiger partial charge in [0.2, 0.25) is 0 Å². The Morgan fingerprint density at radius 2 is 2.00 bits per heavy atom. The maximum absolute atomic E-state index is 11.0. The lowest BCUT2D eigenvalue weighted by Gasteiger charge is -2.34. The Bertz CT molecular complexity index is 630. The van der Waals surface area contributed by atoms with Crippen LogP contribution in [0.25, 0.3) is 0 Å². The van der Waals surface area contributed by atoms with E-state index in [4.69, 9.17) is 9.84 Å². The van der Waals surface area contributed by atoms with E-state index in [9.17, 15) is 4.79 Å². The number of aromatic carboxylic acids is 1. The van der Waals surface area contributed by atoms with Gasteiger partial charge in [-0.25, -0.2) is 9.78 Å². The lowest BCUT2D eigenvalue weighted by atomic mass is 10.1. The van der Waals surface area contributed by atoms with E-state index in [1.807, 2.05) is 36.4 Å². The number of ether oxygens (including phenoxy) is 1. The number of benzene rings is 1. The first-order valence-corrected chi connectivity index (χ1v) is 6.86. The van der Waals surface area contributed by atoms with Gasteiger partial charge in [0, 0.05) is 13.1 Å². The number of pyridine rings is 1. The van der Waals surface area contributed by atoms with Crippen LogP contribution in [0.3, 0.4) is 0 Å². The molecule has 1 N–H and O–H groups in total. The second-order valence-corrected chi connectivity index (χ2v) is 4.90. The predicted octanol–water partition coefficient (Wildman–Crippen LogP) is 2.36. The second-order valence-electron chi connectivity index (χ2n) is 4.90. The quantitative estimate of drug-likeness (QED) is 0.937. The van der Waals surface area contributed by atoms with Crippen LogP contribution in [0.1, 0.15) is 22.2 Å². The van der Waals surface area contributed by atoms with Crippen LogP contribution in [0.4, 0.5) is 5.82 Å². The average Bonchev–Trinajstić information content (AvgIpc) is 2.56. The summed E-state index contributed by atoms with van der Waals surface area (Å²) in [5.74, 6) is -0.330. The molecule has 1 aliphatic heterocycles. The molecule has 2 heterocycles. The van der Waals surface area contributed by atoms with Crippen LogP contribution >= 0.6 is 0 Å². The van der Waals surface area contributed by atoms with E-state index in [1.165, 1.54) is 6.07 Å². The van der Waals surface area contributed by atoms with E-state index >= 15 is 0 Å². The number of carboxylic acid groups (broad SMARTS) is 1. The zero-order valence-electron chi connectivity index (χ0n) is 11.5. The zero-order valence-corrected chi connectivity index (χ0v) is 11.5. The molecule has 21 heavy (non-hydrogen) atoms. The van der Waals surface area contributed by atoms with Gasteiger partial charge in [-0.15, -0.1) is 0 Å². The molecule has 0 spiro atoms. The van der Waals surface area contributed by atoms with Crippen LogP contribution in [-0.2, 0) is 4.74 Å². The van der Waals surface area contributed by atoms with Crippen LogP contribution in [0, 0.1) is 0 Å². The lowest BCUT2D eigenvalue weighted by molar-refractivity contribution is 0.0395. The van der Waals surface area contributed by atoms with Crippen molar-refractivity contribution in [3.8, 4) is 0 Å². The smallest absolute Gasteiger partial charge is 0.354 e. The maximum Gasteiger partial charge on any atom is 0.354 e. The van der Waals surface area contributed by atoms with Crippen molar-refractivity contribution in [1.29, 1.82) is 0 Å². The van der Waals surface area contributed by atoms with Gasteiger partial charge in [0.25, 0.3) is 0 Å². The topological polar surface area (TPSA) is 62.7 Å². The molecule has 0 aliphatic carbocycles. The van der Waals surface area contributed by atoms with Crippen molar-refractivity contribution in [1.82, 2.24) is 4.98 Å². The van der Waals surface area contributed by atoms with Gasteiger partial charge in [0.05, 0.1) is 6.61 Å². The maximum atomic E-state index is 11.0. The summed E-state index contributed by atoms with van der Waals surface area (Å²) in [4.78, 5) is 17.3. The molecule has 1 atom stereocenters. The van der Waals surface area contributed by atoms with E-state index in [-0.39, 0.29) is 11.8 Å². The Morgan fingerprint density at radius 1 is 1.19 bits per heavy atom. The Kier molecular flexibility index (Phi) is 3.83. The van der Waals surface area contributed by atoms with Crippen molar-refractivity contribution in [2.75, 3.05) is 24.6 Å². The number of morpholine rings is 1. The minimum absolute atomic E-state index is 0.0183. The highest BCUT2D eigenvalue weighted by Crippen LogP contribution is 2.25. The lowest BCUT2D eigenvalue weighted by Crippen LogP contribution is -2.39. The summed E-state index contributed by atoms with van der Waals surface area (Å²) in [5, 5.41) is 9.03. The minimum Gasteiger partial charge on any atom is -0.477 e. The minimum atomic E-state index is -1.01. The molecular formula is C16H16N2O3. The fourth-order valence-electron chi connectivity index (χ4n) is 2.45. The van der Waals surface area contributed by atoms with Crippen molar-refractivity contribution < 1.29 is 14.6 Å². The third-order valence-corrected chi connectivity index (χ3v) is 3.52. The van der Waals surface area contributed by atoms with Gasteiger partial charge in [-0.3, -0.25) is 0 Å². The summed E-state index contributed by atoms with van der Waals surface area (Å²) in [6, 6.07) is 15.1. The number of hydrogen-bond acceptors (Lipinski definition) is 4. The van der Waals surface area contributed by atoms with E-state index in [0.29, 0.717) is 25.5 Å². The van der Waals surface area contributed by atoms with Crippen molar-refractivity contribution in [2.24, 2.45) is 0 Å². The van der Waals surface area contributed by atoms with Gasteiger partial charge >= 0.3 is 5.97 Å². The van der Waals surface area contributed by atoms with Crippen LogP contribution in [-0.4, -0.2) is 35.8 Å². The molecule has 5 nitrogen and oxygen atoms in total. The fourth-order valence-corrected chi connectivity index (χ4v) is 2.45. The molecule has 1 unspecified atom stereocenters. The normalized spacial score (nSPS) is 18.5. The van der Waals surface area contributed by atoms with E-state index < -0.39 is 5.97 Å². The van der Waals surface area contributed by atoms with Gasteiger partial charge in [-0.05, 0) is 17.7 Å². The summed E-state index contributed by atoms with van der Waals surface area (Å²) in [5.41, 5.74) is 1.19. The SMILES string of the molecule is O=C(O)c1cccc(N2CCOC(c3ccccc3)C2)n1. The van der Waals surface area contributed by atoms with Crippen molar-refractivity contribution >= 4 is 11.8 Å². The number of carbonyl (C=O) groups is 1. The Morgan fingerprint density at radius 3 is 2.76 bits per heavy atom. The second kappa shape index (κ2) is 5.93. The molecule has 0 radical (unpaired) electrons. The van der Waals surface area contributed by atoms with Gasteiger partial charge in [-0.1, -0.05) is 36.4 Å². The third-order valence-electron chi connectivity index (χ3n) is 3.52. The van der Waals surface area contributed by atoms with Crippen LogP contribution in [0.15, 0.2) is 48.5 Å². The summed E-state index contributed by atoms with van der Waals surface area (Å²) in [6.07, 6.45) is -0.0183. The molecule has 108 valence electrons. The number of nitrogens with zero attached hydrogens (tertiary/aromatic N) is 2. The molecule has 1 aromatic carbocycles. The molecule has 1 fully saturated rings. The number of anilines is 1. The van der Waals surface area contributed by atoms with Crippen LogP contribution < -0.4 is 4.90 Å². The molecule has 1 saturated heterocycles. The van der Waals surface area contributed by atoms with Crippen molar-refractivity contribution in [3.05, 3.63) is 59.8 Å². The van der Waals surface area contributed by atoms with Gasteiger partial charge < -0.3 is 14.7 Å². The van der Waals surface area contributed by atoms with E-state index in [1.54, 1.807) is 6.07 Å². The fraction of sp³-hybridized carbons (Fsp3) is 0.250. The largest absolute Gasteiger partial charge is 0.477 e. The molecule has 3 rings (SSSR count). The highest BCUT2D eigenvalue weighted by molar-refractivity contribution is 5.85. The molecular weight excluding hydrogens is 268 g/mol. The predicted molar refractivity (Wildman–Crippen MR) is 78.5 cm³/mol. The zero-order chi connectivity index (χ0) is 14.7. The standard InChI is InChI=1S/C16H16N2O3/c19-16(20)13-7-4-8-15(17-13)18-9-10-21-14(11-18)12-5-2-1-3-6-12/h1-8,14H,9-11H2,(H,19,20). The Hall–Kier alpha value is -2.40. The molecule has 0 amide bonds. The highest BCUT2D eigenvalue weighted by Gasteiger charge is 2.23. The number of rotatable bonds is 3. The number of carboxylic acids is 1. The molecule has 1 aromatic heterocycles. The summed E-state index contributed by atoms with van der Waals surface area (Å²) in [7, 11) is 0. The van der Waals surface area contributed by atoms with Crippen molar-refractivity contribution in [3.63, 3.8) is 0 Å². The van der Waals surface area contributed by atoms with Gasteiger partial charge in [0.1, 0.15) is 11.9 Å². The first-order valence-electron chi connectivity index (χ1n) is 6.86. The monoisotopic (exact) mass is 284 g/mol. The van der Waals surface area contributed by atoms with Crippen LogP contribution in [0.2, 0.25) is 0 Å². The first kappa shape index (κ1) is 13.6. The Balaban J connectivity index is 1.80. The van der Waals surface area contributed by atoms with Crippen LogP contribution in [0.5, 0.6) is 0 Å². The van der Waals surface area contributed by atoms with Gasteiger partial charge in [-0.2, -0.15) is 0 Å². The summed E-state index contributed by atoms with van der Waals surface area (Å²) < 4.78 is 5.81. The third kappa shape index (κ3) is 3.03. The molecule has 2 aromatic rings. The molecule has 1 aliphatic rings. The van der Waals surface area contributed by atoms with Crippen molar-refractivity contribution in [2.45, 2.75) is 6.10 Å². The number of hydrogen-bond donors (Lipinski definition) is 1. The number of aromatic nitrogens is 1. The molecule has 0 bridgehead atoms. The summed E-state index contributed by atoms with van der Waals surface area (Å²) >= 11 is 0. The molecule has 0 saturated carbocycles. The van der Waals surface area contributed by atoms with E-state index in [0.717, 1.165) is 5.56 Å². The first-order chi connectivity index (χ1) is 10.2. The molecule has 5 heteroatoms. The Labute approximate surface area is 122 Å². The highest BCUT2D eigenvalue weighted by atomic mass is 16.5. The average molecular weight is 284 g/mol. The van der Waals surface area contributed by atoms with Gasteiger partial charge in [0.15, 0.2) is 5.69 Å². The van der Waals surface area contributed by atoms with E-state index in [2.05, 4.69) is 9.88 Å².